The van der Waals surface area contributed by atoms with E-state index in [1.165, 1.54) is 39.6 Å². The van der Waals surface area contributed by atoms with Crippen molar-refractivity contribution in [3.8, 4) is 0 Å². The second kappa shape index (κ2) is 10.6. The fourth-order valence-electron chi connectivity index (χ4n) is 10.6. The zero-order chi connectivity index (χ0) is 30.8. The molecule has 5 aliphatic carbocycles. The summed E-state index contributed by atoms with van der Waals surface area (Å²) in [5.74, 6) is 0.0554. The standard InChI is InChI=1S/C35H50O7/c1-20(2)10-9-11-21(3)24-12-13-25-26-15-17-34-18-23(42-22(4)36)14-16-33(34,6)35(26,27(37)19-32(24,25)5)29(31(39)41-8)28(34)30(38)40-7/h15,17,20-21,23-24,27,37H,9-14,16,18-19H2,1-8H3/t21-,23+,24-,27-,32-,33+,34+,35-/m1/s1. The predicted octanol–water partition coefficient (Wildman–Crippen LogP) is 6.25. The van der Waals surface area contributed by atoms with E-state index in [9.17, 15) is 19.5 Å². The minimum atomic E-state index is -1.12. The molecule has 0 aliphatic heterocycles. The van der Waals surface area contributed by atoms with Crippen LogP contribution in [-0.2, 0) is 28.6 Å². The van der Waals surface area contributed by atoms with Gasteiger partial charge in [-0.3, -0.25) is 4.79 Å². The Labute approximate surface area is 251 Å². The number of aliphatic hydroxyl groups excluding tert-OH is 1. The number of carbonyl (C=O) groups excluding carboxylic acids is 3. The highest BCUT2D eigenvalue weighted by Crippen LogP contribution is 2.80. The Morgan fingerprint density at radius 1 is 1.00 bits per heavy atom. The molecule has 8 atom stereocenters. The Balaban J connectivity index is 1.73. The average molecular weight is 583 g/mol. The van der Waals surface area contributed by atoms with Crippen molar-refractivity contribution in [3.05, 3.63) is 34.4 Å². The van der Waals surface area contributed by atoms with E-state index in [1.807, 2.05) is 0 Å². The summed E-state index contributed by atoms with van der Waals surface area (Å²) in [7, 11) is 2.66. The highest BCUT2D eigenvalue weighted by Gasteiger charge is 2.78. The maximum Gasteiger partial charge on any atom is 0.335 e. The first-order valence-corrected chi connectivity index (χ1v) is 16.0. The van der Waals surface area contributed by atoms with Crippen LogP contribution in [0.25, 0.3) is 0 Å². The van der Waals surface area contributed by atoms with E-state index in [-0.39, 0.29) is 22.5 Å². The highest BCUT2D eigenvalue weighted by molar-refractivity contribution is 6.06. The molecule has 2 saturated carbocycles. The van der Waals surface area contributed by atoms with Crippen LogP contribution in [0.1, 0.15) is 99.3 Å². The number of esters is 3. The fraction of sp³-hybridized carbons (Fsp3) is 0.743. The molecule has 0 aromatic heterocycles. The van der Waals surface area contributed by atoms with Gasteiger partial charge in [-0.2, -0.15) is 0 Å². The van der Waals surface area contributed by atoms with Gasteiger partial charge in [0.2, 0.25) is 0 Å². The molecule has 0 unspecified atom stereocenters. The molecule has 0 radical (unpaired) electrons. The lowest BCUT2D eigenvalue weighted by atomic mass is 9.40. The number of hydrogen-bond acceptors (Lipinski definition) is 7. The predicted molar refractivity (Wildman–Crippen MR) is 159 cm³/mol. The zero-order valence-corrected chi connectivity index (χ0v) is 26.8. The van der Waals surface area contributed by atoms with Crippen molar-refractivity contribution in [2.24, 2.45) is 39.4 Å². The number of methoxy groups -OCH3 is 2. The van der Waals surface area contributed by atoms with Crippen molar-refractivity contribution in [3.63, 3.8) is 0 Å². The van der Waals surface area contributed by atoms with Crippen molar-refractivity contribution >= 4 is 17.9 Å². The van der Waals surface area contributed by atoms with Gasteiger partial charge in [-0.15, -0.1) is 0 Å². The number of fused-ring (bicyclic) bond motifs is 1. The molecule has 0 aromatic rings. The Morgan fingerprint density at radius 3 is 2.29 bits per heavy atom. The van der Waals surface area contributed by atoms with E-state index in [2.05, 4.69) is 46.8 Å². The minimum absolute atomic E-state index is 0.206. The molecule has 0 heterocycles. The quantitative estimate of drug-likeness (QED) is 0.267. The summed E-state index contributed by atoms with van der Waals surface area (Å²) in [6, 6.07) is 0. The van der Waals surface area contributed by atoms with Crippen LogP contribution in [0.4, 0.5) is 0 Å². The Kier molecular flexibility index (Phi) is 7.86. The molecule has 1 N–H and O–H groups in total. The van der Waals surface area contributed by atoms with Gasteiger partial charge in [-0.05, 0) is 72.7 Å². The SMILES string of the molecule is COC(=O)C1=C(C(=O)OC)[C@@]23C=CC4=C5CC[C@H]([C@H](C)CCCC(C)C)[C@@]5(C)C[C@@H](O)[C@]41[C@@]2(C)CC[C@H](OC(C)=O)C3. The van der Waals surface area contributed by atoms with E-state index in [0.29, 0.717) is 43.4 Å². The van der Waals surface area contributed by atoms with Crippen molar-refractivity contribution in [1.82, 2.24) is 0 Å². The van der Waals surface area contributed by atoms with Crippen LogP contribution in [0, 0.1) is 39.4 Å². The maximum absolute atomic E-state index is 13.9. The first-order chi connectivity index (χ1) is 19.7. The van der Waals surface area contributed by atoms with Crippen LogP contribution >= 0.6 is 0 Å². The third-order valence-electron chi connectivity index (χ3n) is 12.3. The van der Waals surface area contributed by atoms with Gasteiger partial charge < -0.3 is 19.3 Å². The number of aliphatic hydroxyl groups is 1. The molecule has 0 amide bonds. The number of allylic oxidation sites excluding steroid dienone is 3. The van der Waals surface area contributed by atoms with Crippen molar-refractivity contribution in [2.45, 2.75) is 112 Å². The monoisotopic (exact) mass is 582 g/mol. The van der Waals surface area contributed by atoms with E-state index in [4.69, 9.17) is 14.2 Å². The van der Waals surface area contributed by atoms with Gasteiger partial charge in [0, 0.05) is 12.3 Å². The molecule has 7 nitrogen and oxygen atoms in total. The average Bonchev–Trinajstić information content (AvgIpc) is 3.30. The Bertz CT molecular complexity index is 1260. The van der Waals surface area contributed by atoms with E-state index >= 15 is 0 Å². The van der Waals surface area contributed by atoms with Crippen molar-refractivity contribution in [1.29, 1.82) is 0 Å². The van der Waals surface area contributed by atoms with Gasteiger partial charge in [0.15, 0.2) is 0 Å². The first-order valence-electron chi connectivity index (χ1n) is 16.0. The van der Waals surface area contributed by atoms with Crippen molar-refractivity contribution in [2.75, 3.05) is 14.2 Å². The van der Waals surface area contributed by atoms with Gasteiger partial charge >= 0.3 is 17.9 Å². The molecule has 232 valence electrons. The van der Waals surface area contributed by atoms with Crippen LogP contribution < -0.4 is 0 Å². The molecular weight excluding hydrogens is 532 g/mol. The molecule has 0 saturated heterocycles. The maximum atomic E-state index is 13.9. The van der Waals surface area contributed by atoms with Crippen molar-refractivity contribution < 1.29 is 33.7 Å². The third kappa shape index (κ3) is 3.97. The molecule has 5 aliphatic rings. The fourth-order valence-corrected chi connectivity index (χ4v) is 10.6. The molecular formula is C35H50O7. The summed E-state index contributed by atoms with van der Waals surface area (Å²) >= 11 is 0. The van der Waals surface area contributed by atoms with Gasteiger partial charge in [-0.25, -0.2) is 9.59 Å². The normalized spacial score (nSPS) is 39.0. The summed E-state index contributed by atoms with van der Waals surface area (Å²) in [6.45, 7) is 12.7. The van der Waals surface area contributed by atoms with Crippen LogP contribution in [-0.4, -0.2) is 49.4 Å². The lowest BCUT2D eigenvalue weighted by Gasteiger charge is -2.63. The van der Waals surface area contributed by atoms with Gasteiger partial charge in [0.25, 0.3) is 0 Å². The van der Waals surface area contributed by atoms with Crippen LogP contribution in [0.15, 0.2) is 34.4 Å². The van der Waals surface area contributed by atoms with Gasteiger partial charge in [0.1, 0.15) is 6.10 Å². The van der Waals surface area contributed by atoms with Crippen LogP contribution in [0.5, 0.6) is 0 Å². The van der Waals surface area contributed by atoms with Gasteiger partial charge in [0.05, 0.1) is 36.9 Å². The topological polar surface area (TPSA) is 99.1 Å². The summed E-state index contributed by atoms with van der Waals surface area (Å²) in [4.78, 5) is 39.7. The smallest absolute Gasteiger partial charge is 0.335 e. The largest absolute Gasteiger partial charge is 0.466 e. The highest BCUT2D eigenvalue weighted by atomic mass is 16.5. The summed E-state index contributed by atoms with van der Waals surface area (Å²) < 4.78 is 16.5. The van der Waals surface area contributed by atoms with E-state index < -0.39 is 40.4 Å². The molecule has 2 bridgehead atoms. The lowest BCUT2D eigenvalue weighted by molar-refractivity contribution is -0.160. The van der Waals surface area contributed by atoms with E-state index in [0.717, 1.165) is 24.8 Å². The number of hydrogen-bond donors (Lipinski definition) is 1. The van der Waals surface area contributed by atoms with Gasteiger partial charge in [-0.1, -0.05) is 71.6 Å². The Morgan fingerprint density at radius 2 is 1.67 bits per heavy atom. The molecule has 7 heteroatoms. The summed E-state index contributed by atoms with van der Waals surface area (Å²) in [5, 5.41) is 12.6. The summed E-state index contributed by atoms with van der Waals surface area (Å²) in [5.41, 5.74) is -0.212. The van der Waals surface area contributed by atoms with E-state index in [1.54, 1.807) is 0 Å². The van der Waals surface area contributed by atoms with Crippen LogP contribution in [0.2, 0.25) is 0 Å². The number of rotatable bonds is 8. The molecule has 2 fully saturated rings. The zero-order valence-electron chi connectivity index (χ0n) is 26.8. The molecule has 1 spiro atoms. The lowest BCUT2D eigenvalue weighted by Crippen LogP contribution is -2.62. The third-order valence-corrected chi connectivity index (χ3v) is 12.3. The van der Waals surface area contributed by atoms with Crippen LogP contribution in [0.3, 0.4) is 0 Å². The molecule has 5 rings (SSSR count). The Hall–Kier alpha value is -2.41. The summed E-state index contributed by atoms with van der Waals surface area (Å²) in [6.07, 6.45) is 10.4. The minimum Gasteiger partial charge on any atom is -0.466 e. The second-order valence-corrected chi connectivity index (χ2v) is 14.6. The first kappa shape index (κ1) is 31.0. The molecule has 42 heavy (non-hydrogen) atoms. The number of ether oxygens (including phenoxy) is 3. The second-order valence-electron chi connectivity index (χ2n) is 14.6. The number of carbonyl (C=O) groups is 3. The molecule has 0 aromatic carbocycles.